The average molecular weight is 415 g/mol. The largest absolute Gasteiger partial charge is 0.508 e. The highest BCUT2D eigenvalue weighted by Gasteiger charge is 2.33. The zero-order valence-electron chi connectivity index (χ0n) is 17.1. The monoisotopic (exact) mass is 415 g/mol. The number of amides is 1. The number of ketones is 1. The van der Waals surface area contributed by atoms with E-state index in [1.54, 1.807) is 37.5 Å². The highest BCUT2D eigenvalue weighted by molar-refractivity contribution is 6.15. The molecule has 0 saturated heterocycles. The lowest BCUT2D eigenvalue weighted by molar-refractivity contribution is -0.114. The number of ether oxygens (including phenoxy) is 2. The molecule has 3 aromatic rings. The summed E-state index contributed by atoms with van der Waals surface area (Å²) in [6.07, 6.45) is 1.11. The number of benzene rings is 3. The van der Waals surface area contributed by atoms with E-state index in [0.717, 1.165) is 11.1 Å². The summed E-state index contributed by atoms with van der Waals surface area (Å²) in [5, 5.41) is 12.6. The molecule has 2 N–H and O–H groups in total. The van der Waals surface area contributed by atoms with Crippen molar-refractivity contribution in [1.29, 1.82) is 0 Å². The zero-order valence-corrected chi connectivity index (χ0v) is 17.1. The minimum Gasteiger partial charge on any atom is -0.508 e. The predicted octanol–water partition coefficient (Wildman–Crippen LogP) is 4.76. The Kier molecular flexibility index (Phi) is 5.45. The van der Waals surface area contributed by atoms with E-state index in [1.807, 2.05) is 30.3 Å². The third kappa shape index (κ3) is 4.28. The van der Waals surface area contributed by atoms with Gasteiger partial charge in [0.25, 0.3) is 0 Å². The first-order valence-corrected chi connectivity index (χ1v) is 9.72. The molecule has 1 aliphatic rings. The molecule has 0 aliphatic carbocycles. The first-order chi connectivity index (χ1) is 14.9. The first-order valence-electron chi connectivity index (χ1n) is 9.72. The lowest BCUT2D eigenvalue weighted by Crippen LogP contribution is -2.23. The maximum Gasteiger partial charge on any atom is 0.221 e. The number of carbonyl (C=O) groups excluding carboxylic acids is 2. The van der Waals surface area contributed by atoms with Crippen molar-refractivity contribution in [2.45, 2.75) is 13.0 Å². The van der Waals surface area contributed by atoms with Crippen molar-refractivity contribution < 1.29 is 24.2 Å². The van der Waals surface area contributed by atoms with E-state index < -0.39 is 6.10 Å². The topological polar surface area (TPSA) is 84.9 Å². The second-order valence-corrected chi connectivity index (χ2v) is 7.19. The summed E-state index contributed by atoms with van der Waals surface area (Å²) in [6.45, 7) is 1.44. The van der Waals surface area contributed by atoms with Crippen LogP contribution in [0.25, 0.3) is 6.08 Å². The minimum atomic E-state index is -0.639. The molecule has 1 heterocycles. The molecule has 31 heavy (non-hydrogen) atoms. The van der Waals surface area contributed by atoms with Crippen LogP contribution in [0.5, 0.6) is 17.2 Å². The highest BCUT2D eigenvalue weighted by atomic mass is 16.5. The number of methoxy groups -OCH3 is 1. The van der Waals surface area contributed by atoms with Gasteiger partial charge in [-0.2, -0.15) is 0 Å². The number of Topliss-reactive ketones (excluding diaryl/α,β-unsaturated/α-hetero) is 1. The first kappa shape index (κ1) is 20.2. The smallest absolute Gasteiger partial charge is 0.221 e. The lowest BCUT2D eigenvalue weighted by Gasteiger charge is -2.28. The standard InChI is InChI=1S/C25H21NO5/c1-15(27)26-18-5-3-4-16(12-18)13-22-24(29)21-14-19(28)8-11-23(21)31-25(22)17-6-9-20(30-2)10-7-17/h3-14,25,28H,1-2H3,(H,26,27). The molecular formula is C25H21NO5. The van der Waals surface area contributed by atoms with E-state index in [-0.39, 0.29) is 17.4 Å². The number of phenols is 1. The van der Waals surface area contributed by atoms with Gasteiger partial charge < -0.3 is 19.9 Å². The van der Waals surface area contributed by atoms with Gasteiger partial charge in [0.15, 0.2) is 11.9 Å². The molecule has 156 valence electrons. The second-order valence-electron chi connectivity index (χ2n) is 7.19. The van der Waals surface area contributed by atoms with E-state index in [9.17, 15) is 14.7 Å². The third-order valence-electron chi connectivity index (χ3n) is 4.94. The molecular weight excluding hydrogens is 394 g/mol. The van der Waals surface area contributed by atoms with Crippen LogP contribution in [0.2, 0.25) is 0 Å². The Morgan fingerprint density at radius 3 is 2.58 bits per heavy atom. The van der Waals surface area contributed by atoms with Gasteiger partial charge in [-0.3, -0.25) is 9.59 Å². The molecule has 0 radical (unpaired) electrons. The molecule has 3 aromatic carbocycles. The van der Waals surface area contributed by atoms with Gasteiger partial charge in [-0.25, -0.2) is 0 Å². The Bertz CT molecular complexity index is 1180. The molecule has 1 amide bonds. The van der Waals surface area contributed by atoms with Gasteiger partial charge in [0, 0.05) is 18.2 Å². The summed E-state index contributed by atoms with van der Waals surface area (Å²) in [7, 11) is 1.59. The van der Waals surface area contributed by atoms with Crippen LogP contribution in [0.15, 0.2) is 72.3 Å². The van der Waals surface area contributed by atoms with Crippen molar-refractivity contribution >= 4 is 23.5 Å². The van der Waals surface area contributed by atoms with Gasteiger partial charge in [-0.15, -0.1) is 0 Å². The molecule has 0 spiro atoms. The van der Waals surface area contributed by atoms with Crippen LogP contribution in [0.4, 0.5) is 5.69 Å². The van der Waals surface area contributed by atoms with E-state index in [2.05, 4.69) is 5.32 Å². The van der Waals surface area contributed by atoms with Crippen LogP contribution in [0.1, 0.15) is 34.5 Å². The quantitative estimate of drug-likeness (QED) is 0.600. The van der Waals surface area contributed by atoms with Crippen molar-refractivity contribution in [3.8, 4) is 17.2 Å². The Labute approximate surface area is 179 Å². The maximum atomic E-state index is 13.4. The van der Waals surface area contributed by atoms with Crippen LogP contribution in [-0.2, 0) is 4.79 Å². The summed E-state index contributed by atoms with van der Waals surface area (Å²) in [6, 6.07) is 19.0. The number of nitrogens with one attached hydrogen (secondary N) is 1. The fraction of sp³-hybridized carbons (Fsp3) is 0.120. The zero-order chi connectivity index (χ0) is 22.0. The van der Waals surface area contributed by atoms with Crippen molar-refractivity contribution in [3.63, 3.8) is 0 Å². The normalized spacial score (nSPS) is 16.4. The van der Waals surface area contributed by atoms with Gasteiger partial charge in [-0.05, 0) is 59.7 Å². The van der Waals surface area contributed by atoms with Gasteiger partial charge in [-0.1, -0.05) is 24.3 Å². The van der Waals surface area contributed by atoms with Crippen LogP contribution in [-0.4, -0.2) is 23.9 Å². The number of carbonyl (C=O) groups is 2. The van der Waals surface area contributed by atoms with Crippen molar-refractivity contribution in [2.75, 3.05) is 12.4 Å². The molecule has 1 atom stereocenters. The van der Waals surface area contributed by atoms with Crippen LogP contribution in [0, 0.1) is 0 Å². The molecule has 0 aromatic heterocycles. The highest BCUT2D eigenvalue weighted by Crippen LogP contribution is 2.41. The Morgan fingerprint density at radius 1 is 1.10 bits per heavy atom. The number of hydrogen-bond acceptors (Lipinski definition) is 5. The molecule has 1 aliphatic heterocycles. The van der Waals surface area contributed by atoms with Gasteiger partial charge in [0.1, 0.15) is 17.2 Å². The molecule has 6 nitrogen and oxygen atoms in total. The maximum absolute atomic E-state index is 13.4. The van der Waals surface area contributed by atoms with Crippen LogP contribution >= 0.6 is 0 Å². The summed E-state index contributed by atoms with van der Waals surface area (Å²) in [5.41, 5.74) is 2.87. The Hall–Kier alpha value is -4.06. The number of rotatable bonds is 4. The minimum absolute atomic E-state index is 0.00870. The van der Waals surface area contributed by atoms with Gasteiger partial charge >= 0.3 is 0 Å². The molecule has 0 bridgehead atoms. The number of hydrogen-bond donors (Lipinski definition) is 2. The van der Waals surface area contributed by atoms with Crippen LogP contribution in [0.3, 0.4) is 0 Å². The SMILES string of the molecule is COc1ccc(C2Oc3ccc(O)cc3C(=O)C2=Cc2cccc(NC(C)=O)c2)cc1. The fourth-order valence-corrected chi connectivity index (χ4v) is 3.52. The molecule has 4 rings (SSSR count). The van der Waals surface area contributed by atoms with Crippen molar-refractivity contribution in [3.05, 3.63) is 89.0 Å². The van der Waals surface area contributed by atoms with Crippen LogP contribution < -0.4 is 14.8 Å². The Balaban J connectivity index is 1.81. The molecule has 1 unspecified atom stereocenters. The van der Waals surface area contributed by atoms with Crippen molar-refractivity contribution in [1.82, 2.24) is 0 Å². The fourth-order valence-electron chi connectivity index (χ4n) is 3.52. The summed E-state index contributed by atoms with van der Waals surface area (Å²) in [5.74, 6) is 0.688. The second kappa shape index (κ2) is 8.36. The molecule has 0 fully saturated rings. The van der Waals surface area contributed by atoms with Gasteiger partial charge in [0.05, 0.1) is 12.7 Å². The third-order valence-corrected chi connectivity index (χ3v) is 4.94. The average Bonchev–Trinajstić information content (AvgIpc) is 2.76. The lowest BCUT2D eigenvalue weighted by atomic mass is 9.89. The molecule has 0 saturated carbocycles. The Morgan fingerprint density at radius 2 is 1.87 bits per heavy atom. The van der Waals surface area contributed by atoms with Gasteiger partial charge in [0.2, 0.25) is 5.91 Å². The summed E-state index contributed by atoms with van der Waals surface area (Å²) >= 11 is 0. The number of fused-ring (bicyclic) bond motifs is 1. The van der Waals surface area contributed by atoms with E-state index >= 15 is 0 Å². The summed E-state index contributed by atoms with van der Waals surface area (Å²) in [4.78, 5) is 24.8. The van der Waals surface area contributed by atoms with Crippen molar-refractivity contribution in [2.24, 2.45) is 0 Å². The van der Waals surface area contributed by atoms with E-state index in [4.69, 9.17) is 9.47 Å². The number of aromatic hydroxyl groups is 1. The summed E-state index contributed by atoms with van der Waals surface area (Å²) < 4.78 is 11.4. The number of phenolic OH excluding ortho intramolecular Hbond substituents is 1. The predicted molar refractivity (Wildman–Crippen MR) is 118 cm³/mol. The molecule has 6 heteroatoms. The van der Waals surface area contributed by atoms with E-state index in [1.165, 1.54) is 19.1 Å². The number of anilines is 1. The van der Waals surface area contributed by atoms with E-state index in [0.29, 0.717) is 28.3 Å².